The molecule has 10 heteroatoms. The van der Waals surface area contributed by atoms with Gasteiger partial charge in [0.2, 0.25) is 5.91 Å². The lowest BCUT2D eigenvalue weighted by molar-refractivity contribution is -0.119. The molecule has 0 aliphatic carbocycles. The number of rotatable bonds is 6. The average molecular weight is 385 g/mol. The molecule has 2 aromatic rings. The van der Waals surface area contributed by atoms with Crippen molar-refractivity contribution in [3.63, 3.8) is 0 Å². The van der Waals surface area contributed by atoms with Gasteiger partial charge in [0, 0.05) is 11.3 Å². The van der Waals surface area contributed by atoms with E-state index in [1.54, 1.807) is 17.7 Å². The number of benzene rings is 1. The van der Waals surface area contributed by atoms with E-state index in [1.165, 1.54) is 42.1 Å². The molecular weight excluding hydrogens is 370 g/mol. The molecule has 128 valence electrons. The van der Waals surface area contributed by atoms with Crippen molar-refractivity contribution < 1.29 is 18.0 Å². The van der Waals surface area contributed by atoms with Gasteiger partial charge in [-0.15, -0.1) is 11.3 Å². The van der Waals surface area contributed by atoms with Crippen LogP contribution in [0.1, 0.15) is 10.4 Å². The fraction of sp³-hybridized carbons (Fsp3) is 0.143. The fourth-order valence-corrected chi connectivity index (χ4v) is 4.06. The molecule has 3 N–H and O–H groups in total. The highest BCUT2D eigenvalue weighted by Gasteiger charge is 2.15. The largest absolute Gasteiger partial charge is 0.279 e. The lowest BCUT2D eigenvalue weighted by Crippen LogP contribution is -2.42. The van der Waals surface area contributed by atoms with Gasteiger partial charge in [-0.2, -0.15) is 11.8 Å². The zero-order valence-electron chi connectivity index (χ0n) is 12.6. The maximum Gasteiger partial charge on any atom is 0.271 e. The molecule has 1 aromatic heterocycles. The van der Waals surface area contributed by atoms with E-state index in [9.17, 15) is 18.0 Å². The smallest absolute Gasteiger partial charge is 0.271 e. The Kier molecular flexibility index (Phi) is 6.23. The fourth-order valence-electron chi connectivity index (χ4n) is 1.68. The van der Waals surface area contributed by atoms with E-state index in [1.807, 2.05) is 0 Å². The molecule has 0 saturated carbocycles. The van der Waals surface area contributed by atoms with E-state index < -0.39 is 15.9 Å². The Balaban J connectivity index is 1.98. The minimum absolute atomic E-state index is 0.209. The van der Waals surface area contributed by atoms with Crippen LogP contribution in [0, 0.1) is 0 Å². The maximum absolute atomic E-state index is 12.1. The van der Waals surface area contributed by atoms with Crippen LogP contribution < -0.4 is 15.6 Å². The summed E-state index contributed by atoms with van der Waals surface area (Å²) in [5, 5.41) is 1.67. The van der Waals surface area contributed by atoms with Gasteiger partial charge >= 0.3 is 0 Å². The number of nitrogens with one attached hydrogen (secondary N) is 3. The van der Waals surface area contributed by atoms with Gasteiger partial charge in [0.1, 0.15) is 4.21 Å². The third-order valence-corrected chi connectivity index (χ3v) is 6.08. The van der Waals surface area contributed by atoms with Crippen molar-refractivity contribution >= 4 is 50.6 Å². The first-order valence-corrected chi connectivity index (χ1v) is 10.4. The molecule has 7 nitrogen and oxygen atoms in total. The Labute approximate surface area is 147 Å². The third kappa shape index (κ3) is 4.98. The van der Waals surface area contributed by atoms with Crippen molar-refractivity contribution in [3.05, 3.63) is 47.3 Å². The van der Waals surface area contributed by atoms with Gasteiger partial charge in [-0.3, -0.25) is 25.2 Å². The van der Waals surface area contributed by atoms with E-state index in [-0.39, 0.29) is 15.9 Å². The normalized spacial score (nSPS) is 10.9. The van der Waals surface area contributed by atoms with Gasteiger partial charge in [0.25, 0.3) is 15.9 Å². The minimum atomic E-state index is -3.62. The molecule has 0 saturated heterocycles. The molecule has 0 aliphatic heterocycles. The van der Waals surface area contributed by atoms with Gasteiger partial charge in [0.05, 0.1) is 5.75 Å². The Hall–Kier alpha value is -2.04. The summed E-state index contributed by atoms with van der Waals surface area (Å²) in [7, 11) is -3.62. The topological polar surface area (TPSA) is 104 Å². The summed E-state index contributed by atoms with van der Waals surface area (Å²) in [6, 6.07) is 9.03. The average Bonchev–Trinajstić information content (AvgIpc) is 3.09. The first-order valence-electron chi connectivity index (χ1n) is 6.67. The molecule has 1 heterocycles. The lowest BCUT2D eigenvalue weighted by atomic mass is 10.2. The molecule has 0 spiro atoms. The summed E-state index contributed by atoms with van der Waals surface area (Å²) in [6.45, 7) is 0. The van der Waals surface area contributed by atoms with Gasteiger partial charge < -0.3 is 0 Å². The minimum Gasteiger partial charge on any atom is -0.279 e. The predicted molar refractivity (Wildman–Crippen MR) is 95.6 cm³/mol. The van der Waals surface area contributed by atoms with Crippen LogP contribution >= 0.6 is 23.1 Å². The highest BCUT2D eigenvalue weighted by molar-refractivity contribution is 7.99. The summed E-state index contributed by atoms with van der Waals surface area (Å²) in [5.74, 6) is -0.558. The number of carbonyl (C=O) groups is 2. The molecule has 0 bridgehead atoms. The summed E-state index contributed by atoms with van der Waals surface area (Å²) >= 11 is 2.45. The molecule has 2 rings (SSSR count). The molecule has 0 aliphatic rings. The summed E-state index contributed by atoms with van der Waals surface area (Å²) in [6.07, 6.45) is 1.78. The number of hydrogen-bond donors (Lipinski definition) is 3. The number of carbonyl (C=O) groups excluding carboxylic acids is 2. The molecule has 0 atom stereocenters. The van der Waals surface area contributed by atoms with Gasteiger partial charge in [-0.25, -0.2) is 8.42 Å². The Morgan fingerprint density at radius 2 is 1.83 bits per heavy atom. The second-order valence-electron chi connectivity index (χ2n) is 4.55. The summed E-state index contributed by atoms with van der Waals surface area (Å²) < 4.78 is 26.8. The van der Waals surface area contributed by atoms with Crippen molar-refractivity contribution in [1.29, 1.82) is 0 Å². The van der Waals surface area contributed by atoms with Crippen LogP contribution in [0.3, 0.4) is 0 Å². The number of thioether (sulfide) groups is 1. The van der Waals surface area contributed by atoms with Gasteiger partial charge in [-0.1, -0.05) is 6.07 Å². The quantitative estimate of drug-likeness (QED) is 0.656. The summed E-state index contributed by atoms with van der Waals surface area (Å²) in [4.78, 5) is 23.1. The Morgan fingerprint density at radius 3 is 2.42 bits per heavy atom. The van der Waals surface area contributed by atoms with E-state index in [0.717, 1.165) is 11.3 Å². The van der Waals surface area contributed by atoms with E-state index in [2.05, 4.69) is 15.6 Å². The van der Waals surface area contributed by atoms with Crippen LogP contribution in [0.2, 0.25) is 0 Å². The second kappa shape index (κ2) is 8.18. The van der Waals surface area contributed by atoms with E-state index >= 15 is 0 Å². The maximum atomic E-state index is 12.1. The highest BCUT2D eigenvalue weighted by atomic mass is 32.2. The monoisotopic (exact) mass is 385 g/mol. The van der Waals surface area contributed by atoms with Crippen molar-refractivity contribution in [2.45, 2.75) is 4.21 Å². The lowest BCUT2D eigenvalue weighted by Gasteiger charge is -2.08. The highest BCUT2D eigenvalue weighted by Crippen LogP contribution is 2.20. The molecule has 0 unspecified atom stereocenters. The van der Waals surface area contributed by atoms with Gasteiger partial charge in [0.15, 0.2) is 0 Å². The summed E-state index contributed by atoms with van der Waals surface area (Å²) in [5.41, 5.74) is 5.20. The SMILES string of the molecule is CSCC(=O)NNC(=O)c1ccc(NS(=O)(=O)c2cccs2)cc1. The van der Waals surface area contributed by atoms with Crippen molar-refractivity contribution in [3.8, 4) is 0 Å². The Morgan fingerprint density at radius 1 is 1.12 bits per heavy atom. The van der Waals surface area contributed by atoms with Crippen molar-refractivity contribution in [2.75, 3.05) is 16.7 Å². The molecule has 24 heavy (non-hydrogen) atoms. The molecule has 2 amide bonds. The van der Waals surface area contributed by atoms with Crippen LogP contribution in [0.15, 0.2) is 46.0 Å². The zero-order chi connectivity index (χ0) is 17.6. The van der Waals surface area contributed by atoms with E-state index in [0.29, 0.717) is 11.3 Å². The standard InChI is InChI=1S/C14H15N3O4S3/c1-22-9-12(18)15-16-14(19)10-4-6-11(7-5-10)17-24(20,21)13-3-2-8-23-13/h2-8,17H,9H2,1H3,(H,15,18)(H,16,19). The van der Waals surface area contributed by atoms with Crippen molar-refractivity contribution in [1.82, 2.24) is 10.9 Å². The third-order valence-electron chi connectivity index (χ3n) is 2.75. The number of hydrogen-bond acceptors (Lipinski definition) is 6. The predicted octanol–water partition coefficient (Wildman–Crippen LogP) is 1.67. The van der Waals surface area contributed by atoms with Crippen LogP contribution in [0.5, 0.6) is 0 Å². The molecule has 1 aromatic carbocycles. The van der Waals surface area contributed by atoms with Crippen molar-refractivity contribution in [2.24, 2.45) is 0 Å². The van der Waals surface area contributed by atoms with Crippen LogP contribution in [0.4, 0.5) is 5.69 Å². The number of anilines is 1. The number of sulfonamides is 1. The molecule has 0 fully saturated rings. The van der Waals surface area contributed by atoms with Crippen LogP contribution in [0.25, 0.3) is 0 Å². The first-order chi connectivity index (χ1) is 11.4. The number of thiophene rings is 1. The molecule has 0 radical (unpaired) electrons. The second-order valence-corrected chi connectivity index (χ2v) is 8.27. The van der Waals surface area contributed by atoms with Crippen LogP contribution in [-0.2, 0) is 14.8 Å². The first kappa shape index (κ1) is 18.3. The zero-order valence-corrected chi connectivity index (χ0v) is 15.1. The van der Waals surface area contributed by atoms with Crippen LogP contribution in [-0.4, -0.2) is 32.2 Å². The van der Waals surface area contributed by atoms with E-state index in [4.69, 9.17) is 0 Å². The van der Waals surface area contributed by atoms with Gasteiger partial charge in [-0.05, 0) is 42.0 Å². The number of hydrazine groups is 1. The Bertz CT molecular complexity index is 802. The molecular formula is C14H15N3O4S3. The number of amides is 2.